The molecule has 1 unspecified atom stereocenters. The first-order valence-electron chi connectivity index (χ1n) is 12.0. The van der Waals surface area contributed by atoms with Gasteiger partial charge in [-0.3, -0.25) is 9.59 Å². The molecule has 2 aromatic rings. The normalized spacial score (nSPS) is 17.8. The molecule has 1 heterocycles. The molecule has 1 aliphatic heterocycles. The Morgan fingerprint density at radius 1 is 0.973 bits per heavy atom. The van der Waals surface area contributed by atoms with Crippen molar-refractivity contribution >= 4 is 29.8 Å². The van der Waals surface area contributed by atoms with Crippen molar-refractivity contribution in [1.29, 1.82) is 0 Å². The maximum atomic E-state index is 12.8. The standard InChI is InChI=1S/C26H29N5O6/c27-22(30-26(35)36-15-17-4-2-1-3-5-17)19-8-6-16(7-9-19)14-29-23(32)20-12-13-31(20)24(33)21(18-10-11-18)37-25(28)34/h1-9,18,20-21H,10-15H2,(H2,28,34)(H,29,32)(H2,27,30,35)/t20?,21-/m1/s1. The van der Waals surface area contributed by atoms with Gasteiger partial charge < -0.3 is 31.2 Å². The van der Waals surface area contributed by atoms with Crippen molar-refractivity contribution in [2.24, 2.45) is 22.4 Å². The van der Waals surface area contributed by atoms with Crippen LogP contribution in [0.4, 0.5) is 9.59 Å². The zero-order valence-electron chi connectivity index (χ0n) is 20.2. The van der Waals surface area contributed by atoms with Crippen LogP contribution in [0.2, 0.25) is 0 Å². The van der Waals surface area contributed by atoms with Crippen LogP contribution in [0.5, 0.6) is 0 Å². The maximum Gasteiger partial charge on any atom is 0.435 e. The van der Waals surface area contributed by atoms with Gasteiger partial charge in [0.1, 0.15) is 18.5 Å². The topological polar surface area (TPSA) is 166 Å². The molecule has 1 saturated heterocycles. The molecular weight excluding hydrogens is 478 g/mol. The summed E-state index contributed by atoms with van der Waals surface area (Å²) in [7, 11) is 0. The monoisotopic (exact) mass is 507 g/mol. The van der Waals surface area contributed by atoms with Crippen LogP contribution in [0.1, 0.15) is 36.0 Å². The number of ether oxygens (including phenoxy) is 2. The Balaban J connectivity index is 1.25. The first-order chi connectivity index (χ1) is 17.8. The van der Waals surface area contributed by atoms with Gasteiger partial charge in [-0.05, 0) is 30.4 Å². The molecular formula is C26H29N5O6. The van der Waals surface area contributed by atoms with Gasteiger partial charge in [0.2, 0.25) is 5.91 Å². The van der Waals surface area contributed by atoms with Crippen LogP contribution in [-0.4, -0.2) is 53.4 Å². The number of nitrogens with zero attached hydrogens (tertiary/aromatic N) is 2. The van der Waals surface area contributed by atoms with Gasteiger partial charge in [0.05, 0.1) is 0 Å². The molecule has 1 aliphatic carbocycles. The molecule has 37 heavy (non-hydrogen) atoms. The molecule has 0 spiro atoms. The van der Waals surface area contributed by atoms with E-state index in [0.29, 0.717) is 18.5 Å². The number of hydrogen-bond donors (Lipinski definition) is 3. The Labute approximate surface area is 213 Å². The molecule has 2 fully saturated rings. The maximum absolute atomic E-state index is 12.8. The lowest BCUT2D eigenvalue weighted by Gasteiger charge is -2.41. The van der Waals surface area contributed by atoms with E-state index < -0.39 is 24.3 Å². The minimum atomic E-state index is -0.995. The molecule has 0 bridgehead atoms. The van der Waals surface area contributed by atoms with Crippen LogP contribution in [0.3, 0.4) is 0 Å². The minimum absolute atomic E-state index is 0.0145. The SMILES string of the molecule is NC(=O)O[C@@H](C(=O)N1CCC1C(=O)NCc1ccc(C(N)=NC(=O)OCc2ccccc2)cc1)C1CC1. The van der Waals surface area contributed by atoms with E-state index in [4.69, 9.17) is 20.9 Å². The van der Waals surface area contributed by atoms with Crippen LogP contribution in [0, 0.1) is 5.92 Å². The van der Waals surface area contributed by atoms with E-state index in [0.717, 1.165) is 24.0 Å². The third-order valence-corrected chi connectivity index (χ3v) is 6.28. The predicted molar refractivity (Wildman–Crippen MR) is 133 cm³/mol. The number of aliphatic imine (C=N–C) groups is 1. The number of likely N-dealkylation sites (tertiary alicyclic amines) is 1. The second kappa shape index (κ2) is 11.5. The van der Waals surface area contributed by atoms with E-state index in [2.05, 4.69) is 10.3 Å². The number of nitrogens with two attached hydrogens (primary N) is 2. The molecule has 2 aliphatic rings. The fraction of sp³-hybridized carbons (Fsp3) is 0.346. The molecule has 4 rings (SSSR count). The summed E-state index contributed by atoms with van der Waals surface area (Å²) in [5.74, 6) is -0.696. The average molecular weight is 508 g/mol. The lowest BCUT2D eigenvalue weighted by molar-refractivity contribution is -0.155. The van der Waals surface area contributed by atoms with Crippen molar-refractivity contribution in [3.63, 3.8) is 0 Å². The fourth-order valence-electron chi connectivity index (χ4n) is 3.97. The molecule has 2 atom stereocenters. The predicted octanol–water partition coefficient (Wildman–Crippen LogP) is 1.82. The smallest absolute Gasteiger partial charge is 0.435 e. The lowest BCUT2D eigenvalue weighted by Crippen LogP contribution is -2.61. The van der Waals surface area contributed by atoms with Crippen molar-refractivity contribution in [3.05, 3.63) is 71.3 Å². The number of amides is 4. The fourth-order valence-corrected chi connectivity index (χ4v) is 3.97. The van der Waals surface area contributed by atoms with Gasteiger partial charge in [0.25, 0.3) is 5.91 Å². The van der Waals surface area contributed by atoms with Crippen LogP contribution in [-0.2, 0) is 32.2 Å². The van der Waals surface area contributed by atoms with Crippen molar-refractivity contribution in [3.8, 4) is 0 Å². The molecule has 0 radical (unpaired) electrons. The van der Waals surface area contributed by atoms with E-state index in [1.807, 2.05) is 30.3 Å². The van der Waals surface area contributed by atoms with Gasteiger partial charge >= 0.3 is 12.2 Å². The quantitative estimate of drug-likeness (QED) is 0.344. The number of benzene rings is 2. The Hall–Kier alpha value is -4.41. The Kier molecular flexibility index (Phi) is 8.02. The summed E-state index contributed by atoms with van der Waals surface area (Å²) in [5.41, 5.74) is 13.2. The molecule has 4 amide bonds. The highest BCUT2D eigenvalue weighted by atomic mass is 16.6. The number of carbonyl (C=O) groups excluding carboxylic acids is 4. The van der Waals surface area contributed by atoms with Gasteiger partial charge in [-0.25, -0.2) is 9.59 Å². The highest BCUT2D eigenvalue weighted by Crippen LogP contribution is 2.36. The van der Waals surface area contributed by atoms with Gasteiger partial charge in [0, 0.05) is 24.6 Å². The Morgan fingerprint density at radius 3 is 2.27 bits per heavy atom. The minimum Gasteiger partial charge on any atom is -0.443 e. The summed E-state index contributed by atoms with van der Waals surface area (Å²) >= 11 is 0. The summed E-state index contributed by atoms with van der Waals surface area (Å²) in [6.07, 6.45) is -0.614. The number of primary amides is 1. The summed E-state index contributed by atoms with van der Waals surface area (Å²) in [5, 5.41) is 2.82. The van der Waals surface area contributed by atoms with E-state index in [1.54, 1.807) is 24.3 Å². The number of nitrogens with one attached hydrogen (secondary N) is 1. The summed E-state index contributed by atoms with van der Waals surface area (Å²) in [4.78, 5) is 53.8. The van der Waals surface area contributed by atoms with E-state index in [1.165, 1.54) is 4.90 Å². The van der Waals surface area contributed by atoms with Crippen LogP contribution < -0.4 is 16.8 Å². The number of hydrogen-bond acceptors (Lipinski definition) is 6. The molecule has 194 valence electrons. The number of carbonyl (C=O) groups is 4. The highest BCUT2D eigenvalue weighted by molar-refractivity contribution is 6.02. The average Bonchev–Trinajstić information content (AvgIpc) is 3.70. The zero-order chi connectivity index (χ0) is 26.4. The summed E-state index contributed by atoms with van der Waals surface area (Å²) in [6, 6.07) is 15.5. The van der Waals surface area contributed by atoms with Crippen LogP contribution >= 0.6 is 0 Å². The molecule has 11 nitrogen and oxygen atoms in total. The number of rotatable bonds is 9. The molecule has 11 heteroatoms. The van der Waals surface area contributed by atoms with Crippen molar-refractivity contribution in [1.82, 2.24) is 10.2 Å². The molecule has 1 saturated carbocycles. The largest absolute Gasteiger partial charge is 0.443 e. The van der Waals surface area contributed by atoms with Crippen molar-refractivity contribution in [2.45, 2.75) is 44.6 Å². The molecule has 0 aromatic heterocycles. The molecule has 5 N–H and O–H groups in total. The summed E-state index contributed by atoms with van der Waals surface area (Å²) in [6.45, 7) is 0.750. The van der Waals surface area contributed by atoms with Gasteiger partial charge in [-0.15, -0.1) is 0 Å². The van der Waals surface area contributed by atoms with Gasteiger partial charge in [0.15, 0.2) is 6.10 Å². The van der Waals surface area contributed by atoms with Gasteiger partial charge in [-0.1, -0.05) is 54.6 Å². The molecule has 2 aromatic carbocycles. The summed E-state index contributed by atoms with van der Waals surface area (Å²) < 4.78 is 10.1. The van der Waals surface area contributed by atoms with Gasteiger partial charge in [-0.2, -0.15) is 4.99 Å². The lowest BCUT2D eigenvalue weighted by atomic mass is 9.99. The van der Waals surface area contributed by atoms with E-state index in [-0.39, 0.29) is 36.7 Å². The van der Waals surface area contributed by atoms with Crippen molar-refractivity contribution in [2.75, 3.05) is 6.54 Å². The highest BCUT2D eigenvalue weighted by Gasteiger charge is 2.46. The zero-order valence-corrected chi connectivity index (χ0v) is 20.2. The third-order valence-electron chi connectivity index (χ3n) is 6.28. The van der Waals surface area contributed by atoms with Crippen LogP contribution in [0.15, 0.2) is 59.6 Å². The second-order valence-corrected chi connectivity index (χ2v) is 8.98. The first-order valence-corrected chi connectivity index (χ1v) is 12.0. The number of amidine groups is 1. The third kappa shape index (κ3) is 6.84. The Bertz CT molecular complexity index is 1180. The van der Waals surface area contributed by atoms with E-state index in [9.17, 15) is 19.2 Å². The first kappa shape index (κ1) is 25.7. The van der Waals surface area contributed by atoms with Crippen molar-refractivity contribution < 1.29 is 28.7 Å². The van der Waals surface area contributed by atoms with E-state index >= 15 is 0 Å². The van der Waals surface area contributed by atoms with Crippen LogP contribution in [0.25, 0.3) is 0 Å². The Morgan fingerprint density at radius 2 is 1.68 bits per heavy atom. The second-order valence-electron chi connectivity index (χ2n) is 8.98.